The zero-order valence-corrected chi connectivity index (χ0v) is 17.5. The molecule has 0 aromatic heterocycles. The van der Waals surface area contributed by atoms with Crippen LogP contribution in [0.2, 0.25) is 5.02 Å². The number of nitrogens with one attached hydrogen (secondary N) is 1. The van der Waals surface area contributed by atoms with Gasteiger partial charge in [0.15, 0.2) is 11.5 Å². The van der Waals surface area contributed by atoms with Crippen LogP contribution < -0.4 is 23.8 Å². The van der Waals surface area contributed by atoms with E-state index in [4.69, 9.17) is 25.8 Å². The maximum Gasteiger partial charge on any atom is 0.240 e. The molecule has 1 heterocycles. The van der Waals surface area contributed by atoms with Gasteiger partial charge in [-0.25, -0.2) is 8.42 Å². The second-order valence-corrected chi connectivity index (χ2v) is 8.73. The van der Waals surface area contributed by atoms with Crippen LogP contribution >= 0.6 is 11.6 Å². The number of anilines is 1. The molecule has 1 unspecified atom stereocenters. The molecule has 2 aromatic rings. The second kappa shape index (κ2) is 8.79. The molecule has 0 saturated carbocycles. The highest BCUT2D eigenvalue weighted by Gasteiger charge is 2.26. The highest BCUT2D eigenvalue weighted by Crippen LogP contribution is 2.33. The first kappa shape index (κ1) is 21.1. The Kier molecular flexibility index (Phi) is 6.39. The number of sulfonamides is 1. The van der Waals surface area contributed by atoms with E-state index >= 15 is 0 Å². The van der Waals surface area contributed by atoms with Gasteiger partial charge in [-0.3, -0.25) is 9.10 Å². The van der Waals surface area contributed by atoms with E-state index in [9.17, 15) is 13.2 Å². The quantitative estimate of drug-likeness (QED) is 0.708. The summed E-state index contributed by atoms with van der Waals surface area (Å²) in [5.74, 6) is 1.03. The largest absolute Gasteiger partial charge is 0.495 e. The number of ether oxygens (including phenoxy) is 3. The first-order valence-electron chi connectivity index (χ1n) is 8.74. The number of benzene rings is 2. The van der Waals surface area contributed by atoms with Crippen LogP contribution in [0.1, 0.15) is 0 Å². The van der Waals surface area contributed by atoms with Gasteiger partial charge < -0.3 is 19.5 Å². The number of methoxy groups -OCH3 is 1. The van der Waals surface area contributed by atoms with Crippen molar-refractivity contribution < 1.29 is 27.4 Å². The van der Waals surface area contributed by atoms with Crippen LogP contribution in [0.5, 0.6) is 17.2 Å². The van der Waals surface area contributed by atoms with Crippen LogP contribution in [-0.2, 0) is 14.8 Å². The fourth-order valence-electron chi connectivity index (χ4n) is 2.82. The molecule has 1 amide bonds. The Hall–Kier alpha value is -2.65. The van der Waals surface area contributed by atoms with Crippen molar-refractivity contribution in [3.05, 3.63) is 47.5 Å². The molecule has 0 spiro atoms. The molecular weight excluding hydrogens is 420 g/mol. The van der Waals surface area contributed by atoms with Crippen LogP contribution in [0.3, 0.4) is 0 Å². The van der Waals surface area contributed by atoms with Crippen molar-refractivity contribution in [1.29, 1.82) is 0 Å². The molecule has 3 rings (SSSR count). The highest BCUT2D eigenvalue weighted by atomic mass is 35.5. The van der Waals surface area contributed by atoms with E-state index in [1.807, 2.05) is 12.1 Å². The number of para-hydroxylation sites is 2. The van der Waals surface area contributed by atoms with Gasteiger partial charge in [0.2, 0.25) is 15.9 Å². The number of amides is 1. The highest BCUT2D eigenvalue weighted by molar-refractivity contribution is 7.92. The van der Waals surface area contributed by atoms with E-state index in [1.165, 1.54) is 13.2 Å². The fourth-order valence-corrected chi connectivity index (χ4v) is 3.83. The average Bonchev–Trinajstić information content (AvgIpc) is 2.69. The van der Waals surface area contributed by atoms with Gasteiger partial charge in [-0.15, -0.1) is 0 Å². The lowest BCUT2D eigenvalue weighted by Crippen LogP contribution is -2.45. The summed E-state index contributed by atoms with van der Waals surface area (Å²) in [6, 6.07) is 11.8. The minimum absolute atomic E-state index is 0.164. The van der Waals surface area contributed by atoms with Crippen molar-refractivity contribution in [3.8, 4) is 17.2 Å². The molecule has 1 aliphatic heterocycles. The number of carbonyl (C=O) groups excluding carboxylic acids is 1. The molecule has 0 bridgehead atoms. The molecule has 10 heteroatoms. The van der Waals surface area contributed by atoms with Gasteiger partial charge in [0.25, 0.3) is 0 Å². The molecule has 8 nitrogen and oxygen atoms in total. The molecule has 1 N–H and O–H groups in total. The molecule has 0 aliphatic carbocycles. The van der Waals surface area contributed by atoms with E-state index in [0.717, 1.165) is 10.6 Å². The van der Waals surface area contributed by atoms with Crippen molar-refractivity contribution in [2.45, 2.75) is 6.10 Å². The molecule has 1 atom stereocenters. The van der Waals surface area contributed by atoms with E-state index < -0.39 is 22.5 Å². The number of nitrogens with zero attached hydrogens (tertiary/aromatic N) is 1. The van der Waals surface area contributed by atoms with Crippen LogP contribution in [0.25, 0.3) is 0 Å². The smallest absolute Gasteiger partial charge is 0.240 e. The molecule has 0 saturated heterocycles. The van der Waals surface area contributed by atoms with Crippen LogP contribution in [0.4, 0.5) is 5.69 Å². The van der Waals surface area contributed by atoms with Gasteiger partial charge in [-0.2, -0.15) is 0 Å². The normalized spacial score (nSPS) is 15.5. The van der Waals surface area contributed by atoms with Crippen LogP contribution in [0.15, 0.2) is 42.5 Å². The van der Waals surface area contributed by atoms with E-state index in [1.54, 1.807) is 24.3 Å². The maximum absolute atomic E-state index is 12.5. The number of fused-ring (bicyclic) bond motifs is 1. The Bertz CT molecular complexity index is 998. The summed E-state index contributed by atoms with van der Waals surface area (Å²) < 4.78 is 42.1. The topological polar surface area (TPSA) is 94.2 Å². The summed E-state index contributed by atoms with van der Waals surface area (Å²) in [4.78, 5) is 12.5. The van der Waals surface area contributed by atoms with E-state index in [0.29, 0.717) is 16.5 Å². The summed E-state index contributed by atoms with van der Waals surface area (Å²) >= 11 is 6.00. The predicted molar refractivity (Wildman–Crippen MR) is 110 cm³/mol. The van der Waals surface area contributed by atoms with Gasteiger partial charge in [-0.1, -0.05) is 23.7 Å². The van der Waals surface area contributed by atoms with Gasteiger partial charge in [0.05, 0.1) is 25.6 Å². The fraction of sp³-hybridized carbons (Fsp3) is 0.316. The third-order valence-corrected chi connectivity index (χ3v) is 5.55. The van der Waals surface area contributed by atoms with E-state index in [-0.39, 0.29) is 30.7 Å². The minimum Gasteiger partial charge on any atom is -0.495 e. The number of hydrogen-bond acceptors (Lipinski definition) is 6. The summed E-state index contributed by atoms with van der Waals surface area (Å²) in [5.41, 5.74) is 0.184. The van der Waals surface area contributed by atoms with Gasteiger partial charge >= 0.3 is 0 Å². The second-order valence-electron chi connectivity index (χ2n) is 6.39. The first-order valence-corrected chi connectivity index (χ1v) is 11.0. The minimum atomic E-state index is -3.77. The maximum atomic E-state index is 12.5. The molecule has 0 radical (unpaired) electrons. The Labute approximate surface area is 174 Å². The molecule has 29 heavy (non-hydrogen) atoms. The lowest BCUT2D eigenvalue weighted by atomic mass is 10.2. The Morgan fingerprint density at radius 1 is 1.28 bits per heavy atom. The molecule has 156 valence electrons. The zero-order chi connectivity index (χ0) is 21.0. The van der Waals surface area contributed by atoms with Crippen LogP contribution in [0, 0.1) is 0 Å². The SMILES string of the molecule is COc1ccc(Cl)cc1N(CC(=O)NCC1COc2ccccc2O1)S(C)(=O)=O. The molecule has 0 fully saturated rings. The first-order chi connectivity index (χ1) is 13.8. The average molecular weight is 441 g/mol. The molecule has 1 aliphatic rings. The Morgan fingerprint density at radius 2 is 2.00 bits per heavy atom. The summed E-state index contributed by atoms with van der Waals surface area (Å²) in [6.45, 7) is 0.00630. The standard InChI is InChI=1S/C19H21ClN2O6S/c1-26-16-8-7-13(20)9-15(16)22(29(2,24)25)11-19(23)21-10-14-12-27-17-5-3-4-6-18(17)28-14/h3-9,14H,10-12H2,1-2H3,(H,21,23). The van der Waals surface area contributed by atoms with Crippen molar-refractivity contribution in [2.24, 2.45) is 0 Å². The molecule has 2 aromatic carbocycles. The third kappa shape index (κ3) is 5.24. The summed E-state index contributed by atoms with van der Waals surface area (Å²) in [6.07, 6.45) is 0.622. The van der Waals surface area contributed by atoms with Crippen molar-refractivity contribution >= 4 is 33.2 Å². The number of halogens is 1. The van der Waals surface area contributed by atoms with Gasteiger partial charge in [-0.05, 0) is 30.3 Å². The monoisotopic (exact) mass is 440 g/mol. The predicted octanol–water partition coefficient (Wildman–Crippen LogP) is 2.07. The lowest BCUT2D eigenvalue weighted by molar-refractivity contribution is -0.120. The number of rotatable bonds is 7. The summed E-state index contributed by atoms with van der Waals surface area (Å²) in [7, 11) is -2.36. The number of hydrogen-bond donors (Lipinski definition) is 1. The van der Waals surface area contributed by atoms with Gasteiger partial charge in [0.1, 0.15) is 25.0 Å². The molecular formula is C19H21ClN2O6S. The van der Waals surface area contributed by atoms with Crippen LogP contribution in [-0.4, -0.2) is 53.5 Å². The van der Waals surface area contributed by atoms with Crippen molar-refractivity contribution in [2.75, 3.05) is 37.4 Å². The summed E-state index contributed by atoms with van der Waals surface area (Å²) in [5, 5.41) is 3.00. The zero-order valence-electron chi connectivity index (χ0n) is 15.9. The third-order valence-electron chi connectivity index (χ3n) is 4.19. The van der Waals surface area contributed by atoms with Gasteiger partial charge in [0, 0.05) is 5.02 Å². The number of carbonyl (C=O) groups is 1. The Balaban J connectivity index is 1.67. The lowest BCUT2D eigenvalue weighted by Gasteiger charge is -2.27. The van der Waals surface area contributed by atoms with Crippen molar-refractivity contribution in [1.82, 2.24) is 5.32 Å². The Morgan fingerprint density at radius 3 is 2.69 bits per heavy atom. The van der Waals surface area contributed by atoms with E-state index in [2.05, 4.69) is 5.32 Å². The van der Waals surface area contributed by atoms with Crippen molar-refractivity contribution in [3.63, 3.8) is 0 Å².